The summed E-state index contributed by atoms with van der Waals surface area (Å²) >= 11 is 0. The summed E-state index contributed by atoms with van der Waals surface area (Å²) in [4.78, 5) is 19.1. The fraction of sp³-hybridized carbons (Fsp3) is 0.444. The third-order valence-electron chi connectivity index (χ3n) is 1.58. The minimum atomic E-state index is -1.26. The second-order valence-electron chi connectivity index (χ2n) is 2.79. The van der Waals surface area contributed by atoms with Gasteiger partial charge in [0.25, 0.3) is 0 Å². The Morgan fingerprint density at radius 2 is 1.87 bits per heavy atom. The zero-order valence-electron chi connectivity index (χ0n) is 8.01. The van der Waals surface area contributed by atoms with E-state index < -0.39 is 11.9 Å². The first-order valence-corrected chi connectivity index (χ1v) is 4.33. The molecule has 1 saturated heterocycles. The van der Waals surface area contributed by atoms with Crippen LogP contribution in [0.5, 0.6) is 0 Å². The lowest BCUT2D eigenvalue weighted by Gasteiger charge is -1.91. The zero-order chi connectivity index (χ0) is 11.7. The Balaban J connectivity index is 0.000000262. The van der Waals surface area contributed by atoms with E-state index in [4.69, 9.17) is 15.5 Å². The van der Waals surface area contributed by atoms with Crippen LogP contribution in [0.4, 0.5) is 0 Å². The molecular weight excluding hydrogens is 200 g/mol. The highest BCUT2D eigenvalue weighted by molar-refractivity contribution is 5.89. The molecule has 0 aromatic heterocycles. The third-order valence-corrected chi connectivity index (χ3v) is 1.58. The van der Waals surface area contributed by atoms with Crippen molar-refractivity contribution in [2.75, 3.05) is 6.54 Å². The van der Waals surface area contributed by atoms with E-state index in [0.29, 0.717) is 12.2 Å². The molecule has 1 atom stereocenters. The summed E-state index contributed by atoms with van der Waals surface area (Å²) in [6, 6.07) is 2.31. The van der Waals surface area contributed by atoms with Crippen LogP contribution in [0.15, 0.2) is 12.2 Å². The molecule has 1 heterocycles. The van der Waals surface area contributed by atoms with Gasteiger partial charge >= 0.3 is 11.9 Å². The minimum Gasteiger partial charge on any atom is -0.478 e. The monoisotopic (exact) mass is 212 g/mol. The maximum Gasteiger partial charge on any atom is 0.328 e. The van der Waals surface area contributed by atoms with E-state index in [-0.39, 0.29) is 6.04 Å². The molecule has 82 valence electrons. The number of nitriles is 1. The van der Waals surface area contributed by atoms with Crippen molar-refractivity contribution in [3.63, 3.8) is 0 Å². The van der Waals surface area contributed by atoms with E-state index in [2.05, 4.69) is 11.4 Å². The van der Waals surface area contributed by atoms with Crippen LogP contribution in [0.2, 0.25) is 0 Å². The minimum absolute atomic E-state index is 0.153. The fourth-order valence-corrected chi connectivity index (χ4v) is 0.937. The quantitative estimate of drug-likeness (QED) is 0.554. The first kappa shape index (κ1) is 13.1. The van der Waals surface area contributed by atoms with Crippen LogP contribution in [0, 0.1) is 11.3 Å². The Bertz CT molecular complexity index is 271. The van der Waals surface area contributed by atoms with Crippen molar-refractivity contribution in [3.8, 4) is 6.07 Å². The van der Waals surface area contributed by atoms with Crippen molar-refractivity contribution in [2.24, 2.45) is 0 Å². The van der Waals surface area contributed by atoms with Crippen LogP contribution >= 0.6 is 0 Å². The molecule has 0 saturated carbocycles. The van der Waals surface area contributed by atoms with Gasteiger partial charge in [0, 0.05) is 12.2 Å². The summed E-state index contributed by atoms with van der Waals surface area (Å²) in [5, 5.41) is 26.9. The van der Waals surface area contributed by atoms with Crippen LogP contribution in [0.1, 0.15) is 12.8 Å². The first-order chi connectivity index (χ1) is 7.06. The molecule has 0 aromatic carbocycles. The standard InChI is InChI=1S/C5H8N2.C4H4O4/c6-4-5-2-1-3-7-5;5-3(6)1-2-4(7)8/h5,7H,1-3H2;1-2H,(H,5,6)(H,7,8)/b;2-1+. The Hall–Kier alpha value is -1.87. The molecule has 15 heavy (non-hydrogen) atoms. The zero-order valence-corrected chi connectivity index (χ0v) is 8.01. The molecule has 6 nitrogen and oxygen atoms in total. The molecule has 1 unspecified atom stereocenters. The van der Waals surface area contributed by atoms with E-state index in [1.807, 2.05) is 0 Å². The number of rotatable bonds is 2. The lowest BCUT2D eigenvalue weighted by Crippen LogP contribution is -2.18. The molecule has 1 rings (SSSR count). The second-order valence-corrected chi connectivity index (χ2v) is 2.79. The lowest BCUT2D eigenvalue weighted by atomic mass is 10.2. The lowest BCUT2D eigenvalue weighted by molar-refractivity contribution is -0.134. The predicted octanol–water partition coefficient (Wildman–Crippen LogP) is -0.0262. The van der Waals surface area contributed by atoms with Gasteiger partial charge in [0.15, 0.2) is 0 Å². The molecule has 0 amide bonds. The number of carbonyl (C=O) groups is 2. The van der Waals surface area contributed by atoms with Crippen molar-refractivity contribution >= 4 is 11.9 Å². The number of aliphatic carboxylic acids is 2. The van der Waals surface area contributed by atoms with Gasteiger partial charge in [0.05, 0.1) is 12.1 Å². The maximum absolute atomic E-state index is 9.55. The summed E-state index contributed by atoms with van der Waals surface area (Å²) in [5.74, 6) is -2.51. The molecule has 0 aliphatic carbocycles. The predicted molar refractivity (Wildman–Crippen MR) is 51.0 cm³/mol. The third kappa shape index (κ3) is 8.46. The van der Waals surface area contributed by atoms with Gasteiger partial charge in [-0.25, -0.2) is 9.59 Å². The van der Waals surface area contributed by atoms with Gasteiger partial charge in [0.2, 0.25) is 0 Å². The van der Waals surface area contributed by atoms with E-state index in [0.717, 1.165) is 19.4 Å². The van der Waals surface area contributed by atoms with Gasteiger partial charge in [0.1, 0.15) is 0 Å². The number of carboxylic acids is 2. The molecule has 0 spiro atoms. The van der Waals surface area contributed by atoms with Gasteiger partial charge in [-0.05, 0) is 19.4 Å². The van der Waals surface area contributed by atoms with E-state index in [9.17, 15) is 9.59 Å². The van der Waals surface area contributed by atoms with Gasteiger partial charge in [-0.1, -0.05) is 0 Å². The van der Waals surface area contributed by atoms with Gasteiger partial charge in [-0.3, -0.25) is 0 Å². The highest BCUT2D eigenvalue weighted by Crippen LogP contribution is 2.01. The fourth-order valence-electron chi connectivity index (χ4n) is 0.937. The summed E-state index contributed by atoms with van der Waals surface area (Å²) in [7, 11) is 0. The van der Waals surface area contributed by atoms with Gasteiger partial charge in [-0.2, -0.15) is 5.26 Å². The maximum atomic E-state index is 9.55. The smallest absolute Gasteiger partial charge is 0.328 e. The number of hydrogen-bond donors (Lipinski definition) is 3. The molecule has 6 heteroatoms. The number of nitrogens with zero attached hydrogens (tertiary/aromatic N) is 1. The van der Waals surface area contributed by atoms with E-state index >= 15 is 0 Å². The Kier molecular flexibility index (Phi) is 6.59. The number of carboxylic acid groups (broad SMARTS) is 2. The number of nitrogens with one attached hydrogen (secondary N) is 1. The molecule has 1 fully saturated rings. The average Bonchev–Trinajstić information content (AvgIpc) is 2.68. The van der Waals surface area contributed by atoms with E-state index in [1.54, 1.807) is 0 Å². The Labute approximate surface area is 86.8 Å². The SMILES string of the molecule is N#CC1CCCN1.O=C(O)/C=C/C(=O)O. The van der Waals surface area contributed by atoms with Crippen LogP contribution in [-0.4, -0.2) is 34.7 Å². The first-order valence-electron chi connectivity index (χ1n) is 4.33. The molecule has 0 radical (unpaired) electrons. The van der Waals surface area contributed by atoms with Crippen molar-refractivity contribution in [3.05, 3.63) is 12.2 Å². The Morgan fingerprint density at radius 3 is 2.07 bits per heavy atom. The van der Waals surface area contributed by atoms with Crippen molar-refractivity contribution in [1.82, 2.24) is 5.32 Å². The molecule has 3 N–H and O–H groups in total. The summed E-state index contributed by atoms with van der Waals surface area (Å²) in [6.45, 7) is 1.03. The number of hydrogen-bond acceptors (Lipinski definition) is 4. The highest BCUT2D eigenvalue weighted by Gasteiger charge is 2.10. The van der Waals surface area contributed by atoms with Gasteiger partial charge < -0.3 is 15.5 Å². The average molecular weight is 212 g/mol. The van der Waals surface area contributed by atoms with E-state index in [1.165, 1.54) is 0 Å². The van der Waals surface area contributed by atoms with Crippen LogP contribution in [0.25, 0.3) is 0 Å². The van der Waals surface area contributed by atoms with Crippen molar-refractivity contribution < 1.29 is 19.8 Å². The van der Waals surface area contributed by atoms with Crippen LogP contribution in [0.3, 0.4) is 0 Å². The van der Waals surface area contributed by atoms with Crippen molar-refractivity contribution in [2.45, 2.75) is 18.9 Å². The van der Waals surface area contributed by atoms with Gasteiger partial charge in [-0.15, -0.1) is 0 Å². The normalized spacial score (nSPS) is 19.0. The van der Waals surface area contributed by atoms with Crippen LogP contribution in [-0.2, 0) is 9.59 Å². The summed E-state index contributed by atoms with van der Waals surface area (Å²) in [6.07, 6.45) is 3.32. The molecule has 1 aliphatic rings. The second kappa shape index (κ2) is 7.53. The summed E-state index contributed by atoms with van der Waals surface area (Å²) < 4.78 is 0. The topological polar surface area (TPSA) is 110 Å². The molecule has 0 aromatic rings. The Morgan fingerprint density at radius 1 is 1.33 bits per heavy atom. The van der Waals surface area contributed by atoms with Crippen molar-refractivity contribution in [1.29, 1.82) is 5.26 Å². The largest absolute Gasteiger partial charge is 0.478 e. The molecule has 1 aliphatic heterocycles. The molecular formula is C9H12N2O4. The molecule has 0 bridgehead atoms. The highest BCUT2D eigenvalue weighted by atomic mass is 16.4. The van der Waals surface area contributed by atoms with Crippen LogP contribution < -0.4 is 5.32 Å². The summed E-state index contributed by atoms with van der Waals surface area (Å²) in [5.41, 5.74) is 0.